The molecule has 0 aromatic carbocycles. The normalized spacial score (nSPS) is 10.9. The van der Waals surface area contributed by atoms with Gasteiger partial charge in [-0.1, -0.05) is 13.8 Å². The fourth-order valence-corrected chi connectivity index (χ4v) is 1.16. The van der Waals surface area contributed by atoms with E-state index in [4.69, 9.17) is 14.2 Å². The number of rotatable bonds is 12. The Kier molecular flexibility index (Phi) is 12.3. The van der Waals surface area contributed by atoms with Gasteiger partial charge in [-0.3, -0.25) is 4.79 Å². The summed E-state index contributed by atoms with van der Waals surface area (Å²) in [5.41, 5.74) is 0. The molecule has 5 nitrogen and oxygen atoms in total. The van der Waals surface area contributed by atoms with Gasteiger partial charge in [0, 0.05) is 21.0 Å². The van der Waals surface area contributed by atoms with Gasteiger partial charge < -0.3 is 19.5 Å². The van der Waals surface area contributed by atoms with Gasteiger partial charge in [0.2, 0.25) is 5.91 Å². The summed E-state index contributed by atoms with van der Waals surface area (Å²) >= 11 is 0. The van der Waals surface area contributed by atoms with Crippen molar-refractivity contribution in [2.75, 3.05) is 46.2 Å². The highest BCUT2D eigenvalue weighted by Gasteiger charge is 2.01. The van der Waals surface area contributed by atoms with Crippen molar-refractivity contribution in [3.63, 3.8) is 0 Å². The van der Waals surface area contributed by atoms with E-state index in [0.717, 1.165) is 6.54 Å². The molecule has 0 unspecified atom stereocenters. The third kappa shape index (κ3) is 13.4. The summed E-state index contributed by atoms with van der Waals surface area (Å²) in [6.45, 7) is 10.2. The van der Waals surface area contributed by atoms with Crippen LogP contribution in [0.3, 0.4) is 0 Å². The van der Waals surface area contributed by atoms with Gasteiger partial charge in [0.1, 0.15) is 0 Å². The van der Waals surface area contributed by atoms with E-state index in [2.05, 4.69) is 19.2 Å². The zero-order valence-corrected chi connectivity index (χ0v) is 11.9. The number of carbonyl (C=O) groups is 1. The average Bonchev–Trinajstić information content (AvgIpc) is 2.34. The lowest BCUT2D eigenvalue weighted by Crippen LogP contribution is -2.28. The van der Waals surface area contributed by atoms with Crippen molar-refractivity contribution in [2.24, 2.45) is 5.92 Å². The number of carbonyl (C=O) groups excluding carboxylic acids is 1. The maximum atomic E-state index is 11.3. The van der Waals surface area contributed by atoms with Crippen molar-refractivity contribution < 1.29 is 20.4 Å². The van der Waals surface area contributed by atoms with Gasteiger partial charge in [-0.25, -0.2) is 0 Å². The minimum Gasteiger partial charge on any atom is -0.379 e. The number of hydrogen-bond donors (Lipinski definition) is 1. The molecule has 0 aromatic rings. The Hall–Kier alpha value is -0.650. The van der Waals surface area contributed by atoms with Crippen LogP contribution in [0.4, 0.5) is 0 Å². The molecule has 0 spiro atoms. The summed E-state index contributed by atoms with van der Waals surface area (Å²) in [6.07, 6.45) is 0.408. The molecular formula is C13H29NO4. The number of hydrogen-bond acceptors (Lipinski definition) is 4. The molecule has 0 saturated heterocycles. The van der Waals surface area contributed by atoms with Gasteiger partial charge in [0.15, 0.2) is 0 Å². The molecule has 0 atom stereocenters. The Morgan fingerprint density at radius 3 is 2.17 bits per heavy atom. The lowest BCUT2D eigenvalue weighted by Gasteiger charge is -2.08. The van der Waals surface area contributed by atoms with E-state index in [1.165, 1.54) is 0 Å². The molecule has 110 valence electrons. The molecule has 18 heavy (non-hydrogen) atoms. The summed E-state index contributed by atoms with van der Waals surface area (Å²) in [4.78, 5) is 11.3. The van der Waals surface area contributed by atoms with Crippen LogP contribution in [0.1, 0.15) is 28.6 Å². The zero-order chi connectivity index (χ0) is 13.6. The Morgan fingerprint density at radius 2 is 1.61 bits per heavy atom. The largest absolute Gasteiger partial charge is 0.379 e. The lowest BCUT2D eigenvalue weighted by atomic mass is 10.2. The second kappa shape index (κ2) is 12.8. The first kappa shape index (κ1) is 17.4. The molecule has 0 heterocycles. The standard InChI is InChI=1S/C13H27NO4.H2/c1-4-16-7-8-18-10-9-17-6-5-13(15)14-11-12(2)3;/h12H,4-11H2,1-3H3,(H,14,15);1H. The van der Waals surface area contributed by atoms with Crippen molar-refractivity contribution in [2.45, 2.75) is 27.2 Å². The van der Waals surface area contributed by atoms with E-state index in [9.17, 15) is 4.79 Å². The van der Waals surface area contributed by atoms with E-state index < -0.39 is 0 Å². The summed E-state index contributed by atoms with van der Waals surface area (Å²) in [5, 5.41) is 2.84. The van der Waals surface area contributed by atoms with Gasteiger partial charge >= 0.3 is 0 Å². The maximum absolute atomic E-state index is 11.3. The summed E-state index contributed by atoms with van der Waals surface area (Å²) in [5.74, 6) is 0.523. The minimum absolute atomic E-state index is 0. The fourth-order valence-electron chi connectivity index (χ4n) is 1.16. The highest BCUT2D eigenvalue weighted by Crippen LogP contribution is 1.89. The number of nitrogens with one attached hydrogen (secondary N) is 1. The van der Waals surface area contributed by atoms with Gasteiger partial charge in [0.05, 0.1) is 33.0 Å². The van der Waals surface area contributed by atoms with Crippen LogP contribution in [0.25, 0.3) is 0 Å². The summed E-state index contributed by atoms with van der Waals surface area (Å²) in [7, 11) is 0. The molecule has 0 radical (unpaired) electrons. The van der Waals surface area contributed by atoms with Crippen molar-refractivity contribution in [3.8, 4) is 0 Å². The fraction of sp³-hybridized carbons (Fsp3) is 0.923. The summed E-state index contributed by atoms with van der Waals surface area (Å²) < 4.78 is 15.7. The predicted molar refractivity (Wildman–Crippen MR) is 72.7 cm³/mol. The summed E-state index contributed by atoms with van der Waals surface area (Å²) in [6, 6.07) is 0. The van der Waals surface area contributed by atoms with Crippen LogP contribution >= 0.6 is 0 Å². The van der Waals surface area contributed by atoms with E-state index in [0.29, 0.717) is 52.0 Å². The highest BCUT2D eigenvalue weighted by atomic mass is 16.5. The minimum atomic E-state index is 0. The number of amides is 1. The van der Waals surface area contributed by atoms with Gasteiger partial charge in [-0.2, -0.15) is 0 Å². The Labute approximate surface area is 112 Å². The molecule has 1 amide bonds. The lowest BCUT2D eigenvalue weighted by molar-refractivity contribution is -0.122. The monoisotopic (exact) mass is 263 g/mol. The van der Waals surface area contributed by atoms with Crippen LogP contribution in [0.2, 0.25) is 0 Å². The molecule has 1 N–H and O–H groups in total. The zero-order valence-electron chi connectivity index (χ0n) is 11.9. The molecule has 0 aliphatic heterocycles. The Balaban J connectivity index is 0. The van der Waals surface area contributed by atoms with Crippen LogP contribution in [0.15, 0.2) is 0 Å². The van der Waals surface area contributed by atoms with Crippen molar-refractivity contribution in [1.82, 2.24) is 5.32 Å². The van der Waals surface area contributed by atoms with Crippen LogP contribution in [0.5, 0.6) is 0 Å². The molecule has 0 saturated carbocycles. The van der Waals surface area contributed by atoms with E-state index in [1.807, 2.05) is 6.92 Å². The van der Waals surface area contributed by atoms with Gasteiger partial charge in [-0.15, -0.1) is 0 Å². The SMILES string of the molecule is CCOCCOCCOCCC(=O)NCC(C)C.[HH]. The molecule has 0 aromatic heterocycles. The van der Waals surface area contributed by atoms with Gasteiger partial charge in [-0.05, 0) is 12.8 Å². The topological polar surface area (TPSA) is 56.8 Å². The van der Waals surface area contributed by atoms with Crippen LogP contribution in [-0.4, -0.2) is 52.1 Å². The van der Waals surface area contributed by atoms with Crippen molar-refractivity contribution in [1.29, 1.82) is 0 Å². The third-order valence-corrected chi connectivity index (χ3v) is 2.13. The maximum Gasteiger partial charge on any atom is 0.222 e. The quantitative estimate of drug-likeness (QED) is 0.542. The smallest absolute Gasteiger partial charge is 0.222 e. The van der Waals surface area contributed by atoms with E-state index >= 15 is 0 Å². The molecule has 0 fully saturated rings. The second-order valence-electron chi connectivity index (χ2n) is 4.37. The third-order valence-electron chi connectivity index (χ3n) is 2.13. The van der Waals surface area contributed by atoms with Crippen molar-refractivity contribution >= 4 is 5.91 Å². The Morgan fingerprint density at radius 1 is 1.06 bits per heavy atom. The average molecular weight is 263 g/mol. The van der Waals surface area contributed by atoms with Crippen molar-refractivity contribution in [3.05, 3.63) is 0 Å². The highest BCUT2D eigenvalue weighted by molar-refractivity contribution is 5.75. The molecule has 0 rings (SSSR count). The van der Waals surface area contributed by atoms with E-state index in [1.54, 1.807) is 0 Å². The molecular weight excluding hydrogens is 234 g/mol. The predicted octanol–water partition coefficient (Wildman–Crippen LogP) is 1.46. The first-order chi connectivity index (χ1) is 8.66. The second-order valence-corrected chi connectivity index (χ2v) is 4.37. The molecule has 5 heteroatoms. The Bertz CT molecular complexity index is 203. The molecule has 0 aliphatic carbocycles. The van der Waals surface area contributed by atoms with Crippen LogP contribution in [0, 0.1) is 5.92 Å². The van der Waals surface area contributed by atoms with Crippen LogP contribution < -0.4 is 5.32 Å². The van der Waals surface area contributed by atoms with E-state index in [-0.39, 0.29) is 7.33 Å². The first-order valence-electron chi connectivity index (χ1n) is 6.66. The van der Waals surface area contributed by atoms with Crippen LogP contribution in [-0.2, 0) is 19.0 Å². The molecule has 0 bridgehead atoms. The molecule has 0 aliphatic rings. The first-order valence-corrected chi connectivity index (χ1v) is 6.66. The van der Waals surface area contributed by atoms with Gasteiger partial charge in [0.25, 0.3) is 0 Å². The number of ether oxygens (including phenoxy) is 3.